The fourth-order valence-electron chi connectivity index (χ4n) is 5.22. The smallest absolute Gasteiger partial charge is 0.462 e. The zero-order valence-corrected chi connectivity index (χ0v) is 39.0. The largest absolute Gasteiger partial charge is 0.472 e. The van der Waals surface area contributed by atoms with E-state index in [1.807, 2.05) is 39.4 Å². The molecular weight excluding hydrogens is 774 g/mol. The minimum atomic E-state index is -4.41. The average Bonchev–Trinajstić information content (AvgIpc) is 3.20. The highest BCUT2D eigenvalue weighted by Gasteiger charge is 2.27. The lowest BCUT2D eigenvalue weighted by Crippen LogP contribution is -2.37. The third-order valence-corrected chi connectivity index (χ3v) is 9.77. The van der Waals surface area contributed by atoms with Gasteiger partial charge in [0.15, 0.2) is 6.10 Å². The number of quaternary nitrogens is 1. The minimum Gasteiger partial charge on any atom is -0.462 e. The molecule has 0 spiro atoms. The summed E-state index contributed by atoms with van der Waals surface area (Å²) in [4.78, 5) is 35.3. The van der Waals surface area contributed by atoms with Gasteiger partial charge in [0.25, 0.3) is 0 Å². The number of hydrogen-bond acceptors (Lipinski definition) is 7. The van der Waals surface area contributed by atoms with E-state index in [1.54, 1.807) is 0 Å². The van der Waals surface area contributed by atoms with Crippen molar-refractivity contribution in [2.24, 2.45) is 0 Å². The van der Waals surface area contributed by atoms with Crippen LogP contribution in [0.15, 0.2) is 109 Å². The lowest BCUT2D eigenvalue weighted by Gasteiger charge is -2.24. The summed E-state index contributed by atoms with van der Waals surface area (Å²) in [6.45, 7) is 4.18. The molecule has 2 atom stereocenters. The van der Waals surface area contributed by atoms with Crippen molar-refractivity contribution in [2.45, 2.75) is 148 Å². The molecule has 0 aliphatic rings. The SMILES string of the molecule is CCCCC/C=C/C/C=C/C/C=C/C/C=C/C/C=C/CCC(=O)OC[C@H](COP(=O)(O)OCC[N+](C)(C)C)OC(=O)CCC/C=C/C/C=C/C/C=C/C/C=C/CCCCC. The second-order valence-corrected chi connectivity index (χ2v) is 17.2. The van der Waals surface area contributed by atoms with Gasteiger partial charge in [0.2, 0.25) is 0 Å². The summed E-state index contributed by atoms with van der Waals surface area (Å²) in [5.74, 6) is -0.973. The Kier molecular flexibility index (Phi) is 38.8. The van der Waals surface area contributed by atoms with E-state index in [-0.39, 0.29) is 26.1 Å². The highest BCUT2D eigenvalue weighted by atomic mass is 31.2. The van der Waals surface area contributed by atoms with Gasteiger partial charge in [0, 0.05) is 12.8 Å². The Morgan fingerprint density at radius 1 is 0.517 bits per heavy atom. The van der Waals surface area contributed by atoms with Crippen LogP contribution < -0.4 is 0 Å². The Hall–Kier alpha value is -3.33. The number of nitrogens with zero attached hydrogens (tertiary/aromatic N) is 1. The quantitative estimate of drug-likeness (QED) is 0.0214. The van der Waals surface area contributed by atoms with Crippen molar-refractivity contribution in [3.05, 3.63) is 109 Å². The van der Waals surface area contributed by atoms with Crippen LogP contribution in [0.2, 0.25) is 0 Å². The van der Waals surface area contributed by atoms with Crippen LogP contribution >= 0.6 is 7.82 Å². The number of carbonyl (C=O) groups is 2. The summed E-state index contributed by atoms with van der Waals surface area (Å²) in [5.41, 5.74) is 0. The number of phosphoric ester groups is 1. The standard InChI is InChI=1S/C50H82NO8P/c1-6-8-10-12-14-16-18-20-22-24-25-27-28-30-32-34-36-38-40-42-49(52)56-46-48(47-58-60(54,55)57-45-44-51(3,4)5)59-50(53)43-41-39-37-35-33-31-29-26-23-21-19-17-15-13-11-9-7-2/h14-17,20-23,25,27,29-32,35-38,48H,6-13,18-19,24,26,28,33-34,39-47H2,1-5H3/p+1/b16-14+,17-15+,22-20+,23-21+,27-25+,31-29+,32-30+,37-35+,38-36+/t48-/m1/s1. The van der Waals surface area contributed by atoms with Crippen LogP contribution in [-0.2, 0) is 32.7 Å². The van der Waals surface area contributed by atoms with Crippen molar-refractivity contribution in [3.63, 3.8) is 0 Å². The van der Waals surface area contributed by atoms with Crippen molar-refractivity contribution in [3.8, 4) is 0 Å². The second kappa shape index (κ2) is 41.0. The average molecular weight is 857 g/mol. The maximum absolute atomic E-state index is 12.7. The van der Waals surface area contributed by atoms with Crippen LogP contribution in [0.1, 0.15) is 142 Å². The minimum absolute atomic E-state index is 0.00410. The van der Waals surface area contributed by atoms with Crippen molar-refractivity contribution < 1.29 is 42.1 Å². The number of likely N-dealkylation sites (N-methyl/N-ethyl adjacent to an activating group) is 1. The van der Waals surface area contributed by atoms with E-state index in [1.165, 1.54) is 44.9 Å². The summed E-state index contributed by atoms with van der Waals surface area (Å²) in [6.07, 6.45) is 55.9. The first-order valence-electron chi connectivity index (χ1n) is 22.6. The van der Waals surface area contributed by atoms with Crippen LogP contribution in [0.25, 0.3) is 0 Å². The molecule has 0 fully saturated rings. The van der Waals surface area contributed by atoms with Gasteiger partial charge in [-0.05, 0) is 89.9 Å². The number of rotatable bonds is 39. The summed E-state index contributed by atoms with van der Waals surface area (Å²) in [5, 5.41) is 0. The molecule has 0 aromatic heterocycles. The van der Waals surface area contributed by atoms with Gasteiger partial charge in [-0.1, -0.05) is 149 Å². The van der Waals surface area contributed by atoms with Crippen LogP contribution in [0.3, 0.4) is 0 Å². The fourth-order valence-corrected chi connectivity index (χ4v) is 5.96. The third-order valence-electron chi connectivity index (χ3n) is 8.79. The van der Waals surface area contributed by atoms with Crippen molar-refractivity contribution >= 4 is 19.8 Å². The lowest BCUT2D eigenvalue weighted by atomic mass is 10.2. The summed E-state index contributed by atoms with van der Waals surface area (Å²) < 4.78 is 34.2. The first-order valence-corrected chi connectivity index (χ1v) is 24.1. The number of allylic oxidation sites excluding steroid dienone is 18. The van der Waals surface area contributed by atoms with Crippen LogP contribution in [0.5, 0.6) is 0 Å². The predicted octanol–water partition coefficient (Wildman–Crippen LogP) is 13.1. The number of esters is 2. The Labute approximate surface area is 366 Å². The molecule has 0 radical (unpaired) electrons. The van der Waals surface area contributed by atoms with Gasteiger partial charge in [-0.2, -0.15) is 0 Å². The molecule has 10 heteroatoms. The fraction of sp³-hybridized carbons (Fsp3) is 0.600. The monoisotopic (exact) mass is 857 g/mol. The number of ether oxygens (including phenoxy) is 2. The number of unbranched alkanes of at least 4 members (excludes halogenated alkanes) is 7. The van der Waals surface area contributed by atoms with Gasteiger partial charge in [-0.15, -0.1) is 0 Å². The molecule has 0 aromatic rings. The van der Waals surface area contributed by atoms with E-state index in [2.05, 4.69) is 105 Å². The number of phosphoric acid groups is 1. The number of carbonyl (C=O) groups excluding carboxylic acids is 2. The predicted molar refractivity (Wildman–Crippen MR) is 251 cm³/mol. The first-order chi connectivity index (χ1) is 29.0. The molecule has 0 heterocycles. The van der Waals surface area contributed by atoms with E-state index < -0.39 is 32.5 Å². The van der Waals surface area contributed by atoms with Gasteiger partial charge in [-0.3, -0.25) is 18.6 Å². The molecule has 1 N–H and O–H groups in total. The molecule has 0 saturated heterocycles. The van der Waals surface area contributed by atoms with E-state index in [9.17, 15) is 19.0 Å². The maximum Gasteiger partial charge on any atom is 0.472 e. The molecule has 1 unspecified atom stereocenters. The Bertz CT molecular complexity index is 1380. The molecule has 0 aliphatic heterocycles. The molecule has 60 heavy (non-hydrogen) atoms. The highest BCUT2D eigenvalue weighted by molar-refractivity contribution is 7.47. The second-order valence-electron chi connectivity index (χ2n) is 15.7. The van der Waals surface area contributed by atoms with E-state index >= 15 is 0 Å². The van der Waals surface area contributed by atoms with Gasteiger partial charge < -0.3 is 18.9 Å². The van der Waals surface area contributed by atoms with Crippen molar-refractivity contribution in [1.29, 1.82) is 0 Å². The Balaban J connectivity index is 4.59. The maximum atomic E-state index is 12.7. The summed E-state index contributed by atoms with van der Waals surface area (Å²) >= 11 is 0. The molecular formula is C50H83NO8P+. The Morgan fingerprint density at radius 3 is 1.33 bits per heavy atom. The number of hydrogen-bond donors (Lipinski definition) is 1. The highest BCUT2D eigenvalue weighted by Crippen LogP contribution is 2.43. The lowest BCUT2D eigenvalue weighted by molar-refractivity contribution is -0.870. The first kappa shape index (κ1) is 56.7. The van der Waals surface area contributed by atoms with Crippen LogP contribution in [0.4, 0.5) is 0 Å². The topological polar surface area (TPSA) is 108 Å². The van der Waals surface area contributed by atoms with E-state index in [0.717, 1.165) is 51.4 Å². The normalized spacial score (nSPS) is 14.6. The molecule has 9 nitrogen and oxygen atoms in total. The summed E-state index contributed by atoms with van der Waals surface area (Å²) in [6, 6.07) is 0. The van der Waals surface area contributed by atoms with Gasteiger partial charge in [0.05, 0.1) is 27.7 Å². The Morgan fingerprint density at radius 2 is 0.917 bits per heavy atom. The van der Waals surface area contributed by atoms with Crippen molar-refractivity contribution in [2.75, 3.05) is 47.5 Å². The van der Waals surface area contributed by atoms with Gasteiger partial charge >= 0.3 is 19.8 Å². The molecule has 0 aromatic carbocycles. The molecule has 0 aliphatic carbocycles. The van der Waals surface area contributed by atoms with Crippen LogP contribution in [-0.4, -0.2) is 74.9 Å². The van der Waals surface area contributed by atoms with E-state index in [4.69, 9.17) is 18.5 Å². The van der Waals surface area contributed by atoms with Crippen LogP contribution in [0, 0.1) is 0 Å². The molecule has 0 bridgehead atoms. The molecule has 340 valence electrons. The zero-order chi connectivity index (χ0) is 44.3. The van der Waals surface area contributed by atoms with E-state index in [0.29, 0.717) is 30.3 Å². The molecule has 0 rings (SSSR count). The summed E-state index contributed by atoms with van der Waals surface area (Å²) in [7, 11) is 1.38. The van der Waals surface area contributed by atoms with Gasteiger partial charge in [0.1, 0.15) is 19.8 Å². The zero-order valence-electron chi connectivity index (χ0n) is 38.1. The van der Waals surface area contributed by atoms with Gasteiger partial charge in [-0.25, -0.2) is 4.57 Å². The third kappa shape index (κ3) is 44.2. The van der Waals surface area contributed by atoms with Crippen molar-refractivity contribution in [1.82, 2.24) is 0 Å². The molecule has 0 amide bonds. The molecule has 0 saturated carbocycles.